The van der Waals surface area contributed by atoms with E-state index >= 15 is 0 Å². The van der Waals surface area contributed by atoms with Gasteiger partial charge in [0.2, 0.25) is 5.91 Å². The van der Waals surface area contributed by atoms with E-state index in [1.807, 2.05) is 12.1 Å². The molecule has 3 rings (SSSR count). The summed E-state index contributed by atoms with van der Waals surface area (Å²) in [5.74, 6) is -0.854. The van der Waals surface area contributed by atoms with Gasteiger partial charge in [-0.05, 0) is 35.4 Å². The second kappa shape index (κ2) is 8.51. The number of hydrazone groups is 1. The normalized spacial score (nSPS) is 15.7. The quantitative estimate of drug-likeness (QED) is 0.566. The van der Waals surface area contributed by atoms with E-state index in [1.54, 1.807) is 31.4 Å². The van der Waals surface area contributed by atoms with Gasteiger partial charge in [-0.15, -0.1) is 0 Å². The molecule has 1 aliphatic rings. The summed E-state index contributed by atoms with van der Waals surface area (Å²) in [7, 11) is 1.56. The van der Waals surface area contributed by atoms with Crippen molar-refractivity contribution >= 4 is 23.3 Å². The van der Waals surface area contributed by atoms with Crippen LogP contribution in [0.4, 0.5) is 5.69 Å². The summed E-state index contributed by atoms with van der Waals surface area (Å²) >= 11 is 0. The zero-order valence-corrected chi connectivity index (χ0v) is 15.6. The fourth-order valence-electron chi connectivity index (χ4n) is 3.13. The lowest BCUT2D eigenvalue weighted by Crippen LogP contribution is -2.27. The van der Waals surface area contributed by atoms with Crippen LogP contribution in [0.1, 0.15) is 36.4 Å². The average molecular weight is 397 g/mol. The number of nitro benzene ring substituents is 1. The molecule has 1 aliphatic heterocycles. The third-order valence-electron chi connectivity index (χ3n) is 4.61. The molecule has 2 aromatic carbocycles. The Labute approximate surface area is 166 Å². The Morgan fingerprint density at radius 2 is 1.97 bits per heavy atom. The van der Waals surface area contributed by atoms with E-state index in [9.17, 15) is 19.7 Å². The standard InChI is InChI=1S/C20H19N3O6/c1-29-16-7-5-13(6-8-16)17-12-18(14-3-2-4-15(11-14)23(27)28)22(21-17)19(24)9-10-20(25)26/h2-8,11,18H,9-10,12H2,1H3,(H,25,26)/t18-/m1/s1. The van der Waals surface area contributed by atoms with E-state index in [4.69, 9.17) is 9.84 Å². The number of aliphatic carboxylic acids is 1. The molecule has 0 aliphatic carbocycles. The predicted molar refractivity (Wildman–Crippen MR) is 104 cm³/mol. The van der Waals surface area contributed by atoms with Crippen molar-refractivity contribution in [2.75, 3.05) is 7.11 Å². The monoisotopic (exact) mass is 397 g/mol. The maximum absolute atomic E-state index is 12.6. The number of benzene rings is 2. The molecule has 9 heteroatoms. The van der Waals surface area contributed by atoms with Gasteiger partial charge in [0.1, 0.15) is 5.75 Å². The highest BCUT2D eigenvalue weighted by Crippen LogP contribution is 2.35. The summed E-state index contributed by atoms with van der Waals surface area (Å²) in [4.78, 5) is 34.1. The van der Waals surface area contributed by atoms with Crippen LogP contribution in [0.2, 0.25) is 0 Å². The third-order valence-corrected chi connectivity index (χ3v) is 4.61. The van der Waals surface area contributed by atoms with Crippen LogP contribution < -0.4 is 4.74 Å². The maximum atomic E-state index is 12.6. The number of ether oxygens (including phenoxy) is 1. The van der Waals surface area contributed by atoms with Gasteiger partial charge in [-0.25, -0.2) is 5.01 Å². The van der Waals surface area contributed by atoms with Crippen LogP contribution in [-0.4, -0.2) is 39.7 Å². The molecule has 9 nitrogen and oxygen atoms in total. The van der Waals surface area contributed by atoms with Gasteiger partial charge in [-0.3, -0.25) is 19.7 Å². The van der Waals surface area contributed by atoms with Gasteiger partial charge < -0.3 is 9.84 Å². The van der Waals surface area contributed by atoms with Crippen LogP contribution in [0.25, 0.3) is 0 Å². The lowest BCUT2D eigenvalue weighted by atomic mass is 9.98. The number of carboxylic acids is 1. The zero-order valence-electron chi connectivity index (χ0n) is 15.6. The maximum Gasteiger partial charge on any atom is 0.303 e. The van der Waals surface area contributed by atoms with Crippen LogP contribution >= 0.6 is 0 Å². The minimum Gasteiger partial charge on any atom is -0.497 e. The number of methoxy groups -OCH3 is 1. The van der Waals surface area contributed by atoms with E-state index in [2.05, 4.69) is 5.10 Å². The number of carboxylic acid groups (broad SMARTS) is 1. The van der Waals surface area contributed by atoms with Crippen molar-refractivity contribution in [3.05, 3.63) is 69.8 Å². The van der Waals surface area contributed by atoms with Gasteiger partial charge in [0.15, 0.2) is 0 Å². The van der Waals surface area contributed by atoms with Crippen LogP contribution in [0.15, 0.2) is 53.6 Å². The van der Waals surface area contributed by atoms with Gasteiger partial charge in [-0.2, -0.15) is 5.10 Å². The highest BCUT2D eigenvalue weighted by molar-refractivity contribution is 6.03. The van der Waals surface area contributed by atoms with Crippen molar-refractivity contribution < 1.29 is 24.4 Å². The number of carbonyl (C=O) groups excluding carboxylic acids is 1. The first-order valence-corrected chi connectivity index (χ1v) is 8.89. The first-order chi connectivity index (χ1) is 13.9. The molecule has 0 saturated heterocycles. The van der Waals surface area contributed by atoms with Gasteiger partial charge in [0.25, 0.3) is 5.69 Å². The number of hydrogen-bond acceptors (Lipinski definition) is 6. The lowest BCUT2D eigenvalue weighted by Gasteiger charge is -2.21. The fraction of sp³-hybridized carbons (Fsp3) is 0.250. The number of rotatable bonds is 7. The summed E-state index contributed by atoms with van der Waals surface area (Å²) in [5, 5.41) is 25.7. The molecule has 1 N–H and O–H groups in total. The molecule has 0 aromatic heterocycles. The topological polar surface area (TPSA) is 122 Å². The molecular weight excluding hydrogens is 378 g/mol. The highest BCUT2D eigenvalue weighted by Gasteiger charge is 2.33. The second-order valence-electron chi connectivity index (χ2n) is 6.48. The number of amides is 1. The first-order valence-electron chi connectivity index (χ1n) is 8.89. The van der Waals surface area contributed by atoms with Crippen LogP contribution in [0, 0.1) is 10.1 Å². The summed E-state index contributed by atoms with van der Waals surface area (Å²) in [6, 6.07) is 12.7. The Morgan fingerprint density at radius 1 is 1.24 bits per heavy atom. The second-order valence-corrected chi connectivity index (χ2v) is 6.48. The Bertz CT molecular complexity index is 970. The van der Waals surface area contributed by atoms with Crippen LogP contribution in [0.3, 0.4) is 0 Å². The lowest BCUT2D eigenvalue weighted by molar-refractivity contribution is -0.385. The molecule has 1 amide bonds. The molecule has 0 unspecified atom stereocenters. The Kier molecular flexibility index (Phi) is 5.87. The van der Waals surface area contributed by atoms with E-state index in [0.717, 1.165) is 5.56 Å². The highest BCUT2D eigenvalue weighted by atomic mass is 16.6. The zero-order chi connectivity index (χ0) is 21.0. The number of carbonyl (C=O) groups is 2. The molecule has 29 heavy (non-hydrogen) atoms. The van der Waals surface area contributed by atoms with E-state index in [0.29, 0.717) is 23.4 Å². The number of nitro groups is 1. The minimum atomic E-state index is -1.08. The molecule has 0 spiro atoms. The number of non-ortho nitro benzene ring substituents is 1. The van der Waals surface area contributed by atoms with Gasteiger partial charge >= 0.3 is 5.97 Å². The first kappa shape index (κ1) is 20.0. The third kappa shape index (κ3) is 4.57. The Morgan fingerprint density at radius 3 is 2.59 bits per heavy atom. The van der Waals surface area contributed by atoms with Crippen molar-refractivity contribution in [2.24, 2.45) is 5.10 Å². The molecule has 150 valence electrons. The minimum absolute atomic E-state index is 0.0849. The largest absolute Gasteiger partial charge is 0.497 e. The molecular formula is C20H19N3O6. The molecule has 0 saturated carbocycles. The SMILES string of the molecule is COc1ccc(C2=NN(C(=O)CCC(=O)O)[C@@H](c3cccc([N+](=O)[O-])c3)C2)cc1. The Hall–Kier alpha value is -3.75. The van der Waals surface area contributed by atoms with Gasteiger partial charge in [0.05, 0.1) is 30.2 Å². The summed E-state index contributed by atoms with van der Waals surface area (Å²) < 4.78 is 5.15. The smallest absolute Gasteiger partial charge is 0.303 e. The van der Waals surface area contributed by atoms with Crippen molar-refractivity contribution in [1.82, 2.24) is 5.01 Å². The van der Waals surface area contributed by atoms with Gasteiger partial charge in [-0.1, -0.05) is 12.1 Å². The molecule has 0 radical (unpaired) electrons. The van der Waals surface area contributed by atoms with E-state index < -0.39 is 22.8 Å². The number of hydrogen-bond donors (Lipinski definition) is 1. The average Bonchev–Trinajstić information content (AvgIpc) is 3.17. The van der Waals surface area contributed by atoms with Gasteiger partial charge in [0, 0.05) is 25.0 Å². The van der Waals surface area contributed by atoms with Crippen molar-refractivity contribution in [3.63, 3.8) is 0 Å². The molecule has 2 aromatic rings. The van der Waals surface area contributed by atoms with E-state index in [1.165, 1.54) is 17.1 Å². The summed E-state index contributed by atoms with van der Waals surface area (Å²) in [6.07, 6.45) is -0.170. The molecule has 0 bridgehead atoms. The fourth-order valence-corrected chi connectivity index (χ4v) is 3.13. The predicted octanol–water partition coefficient (Wildman–Crippen LogP) is 3.15. The number of nitrogens with zero attached hydrogens (tertiary/aromatic N) is 3. The van der Waals surface area contributed by atoms with Crippen LogP contribution in [0.5, 0.6) is 5.75 Å². The van der Waals surface area contributed by atoms with E-state index in [-0.39, 0.29) is 18.5 Å². The van der Waals surface area contributed by atoms with Crippen molar-refractivity contribution in [3.8, 4) is 5.75 Å². The molecule has 0 fully saturated rings. The summed E-state index contributed by atoms with van der Waals surface area (Å²) in [6.45, 7) is 0. The van der Waals surface area contributed by atoms with Crippen LogP contribution in [-0.2, 0) is 9.59 Å². The molecule has 1 atom stereocenters. The summed E-state index contributed by atoms with van der Waals surface area (Å²) in [5.41, 5.74) is 1.90. The Balaban J connectivity index is 1.93. The molecule has 1 heterocycles. The van der Waals surface area contributed by atoms with Crippen molar-refractivity contribution in [1.29, 1.82) is 0 Å². The van der Waals surface area contributed by atoms with Crippen molar-refractivity contribution in [2.45, 2.75) is 25.3 Å².